The summed E-state index contributed by atoms with van der Waals surface area (Å²) < 4.78 is 13.0. The van der Waals surface area contributed by atoms with Crippen LogP contribution in [0.15, 0.2) is 48.8 Å². The molecule has 2 heterocycles. The fourth-order valence-electron chi connectivity index (χ4n) is 3.29. The van der Waals surface area contributed by atoms with Crippen molar-refractivity contribution in [1.29, 1.82) is 0 Å². The summed E-state index contributed by atoms with van der Waals surface area (Å²) in [4.78, 5) is 11.1. The van der Waals surface area contributed by atoms with Gasteiger partial charge in [0.05, 0.1) is 5.52 Å². The number of anilines is 2. The summed E-state index contributed by atoms with van der Waals surface area (Å²) in [5, 5.41) is 5.19. The van der Waals surface area contributed by atoms with E-state index >= 15 is 0 Å². The molecule has 25 heavy (non-hydrogen) atoms. The molecule has 0 atom stereocenters. The molecular formula is C19H18ClFN4. The molecule has 0 amide bonds. The summed E-state index contributed by atoms with van der Waals surface area (Å²) in [5.74, 6) is 0.748. The molecule has 0 unspecified atom stereocenters. The molecule has 1 aliphatic heterocycles. The van der Waals surface area contributed by atoms with Crippen molar-refractivity contribution in [1.82, 2.24) is 9.97 Å². The van der Waals surface area contributed by atoms with Crippen molar-refractivity contribution in [3.05, 3.63) is 59.6 Å². The minimum absolute atomic E-state index is 0.212. The van der Waals surface area contributed by atoms with E-state index in [4.69, 9.17) is 11.6 Å². The van der Waals surface area contributed by atoms with E-state index in [-0.39, 0.29) is 5.82 Å². The van der Waals surface area contributed by atoms with Gasteiger partial charge in [0.1, 0.15) is 18.0 Å². The molecule has 3 aromatic rings. The zero-order valence-corrected chi connectivity index (χ0v) is 14.4. The normalized spacial score (nSPS) is 15.5. The molecule has 0 saturated carbocycles. The molecule has 1 N–H and O–H groups in total. The van der Waals surface area contributed by atoms with E-state index in [1.807, 2.05) is 18.2 Å². The van der Waals surface area contributed by atoms with Gasteiger partial charge in [0.15, 0.2) is 0 Å². The zero-order chi connectivity index (χ0) is 17.2. The maximum absolute atomic E-state index is 13.0. The Morgan fingerprint density at radius 1 is 1.04 bits per heavy atom. The Labute approximate surface area is 150 Å². The van der Waals surface area contributed by atoms with Crippen molar-refractivity contribution in [2.75, 3.05) is 23.3 Å². The molecule has 0 radical (unpaired) electrons. The van der Waals surface area contributed by atoms with Crippen LogP contribution in [0.1, 0.15) is 12.8 Å². The number of fused-ring (bicyclic) bond motifs is 1. The van der Waals surface area contributed by atoms with Crippen molar-refractivity contribution in [2.24, 2.45) is 0 Å². The Morgan fingerprint density at radius 2 is 1.80 bits per heavy atom. The van der Waals surface area contributed by atoms with E-state index in [9.17, 15) is 4.39 Å². The van der Waals surface area contributed by atoms with Crippen LogP contribution < -0.4 is 10.2 Å². The van der Waals surface area contributed by atoms with Crippen LogP contribution in [-0.4, -0.2) is 29.1 Å². The van der Waals surface area contributed by atoms with Gasteiger partial charge in [0, 0.05) is 35.2 Å². The number of halogens is 2. The lowest BCUT2D eigenvalue weighted by atomic mass is 10.0. The summed E-state index contributed by atoms with van der Waals surface area (Å²) in [6, 6.07) is 12.6. The molecule has 1 aliphatic rings. The second-order valence-electron chi connectivity index (χ2n) is 6.27. The molecule has 128 valence electrons. The molecular weight excluding hydrogens is 339 g/mol. The molecule has 0 spiro atoms. The van der Waals surface area contributed by atoms with Crippen molar-refractivity contribution in [2.45, 2.75) is 18.9 Å². The van der Waals surface area contributed by atoms with Crippen LogP contribution in [0.3, 0.4) is 0 Å². The van der Waals surface area contributed by atoms with Gasteiger partial charge < -0.3 is 10.2 Å². The van der Waals surface area contributed by atoms with Gasteiger partial charge in [-0.3, -0.25) is 0 Å². The Kier molecular flexibility index (Phi) is 4.40. The fraction of sp³-hybridized carbons (Fsp3) is 0.263. The molecule has 1 aromatic heterocycles. The van der Waals surface area contributed by atoms with Gasteiger partial charge >= 0.3 is 0 Å². The number of hydrogen-bond donors (Lipinski definition) is 1. The Hall–Kier alpha value is -2.40. The predicted octanol–water partition coefficient (Wildman–Crippen LogP) is 4.50. The van der Waals surface area contributed by atoms with Gasteiger partial charge in [0.2, 0.25) is 0 Å². The molecule has 0 aliphatic carbocycles. The third-order valence-corrected chi connectivity index (χ3v) is 4.82. The van der Waals surface area contributed by atoms with Crippen LogP contribution in [0.2, 0.25) is 5.02 Å². The van der Waals surface area contributed by atoms with Gasteiger partial charge in [0.25, 0.3) is 0 Å². The lowest BCUT2D eigenvalue weighted by Gasteiger charge is -2.34. The molecule has 4 nitrogen and oxygen atoms in total. The topological polar surface area (TPSA) is 41.0 Å². The highest BCUT2D eigenvalue weighted by atomic mass is 35.5. The van der Waals surface area contributed by atoms with Gasteiger partial charge in [-0.2, -0.15) is 0 Å². The van der Waals surface area contributed by atoms with Crippen LogP contribution in [-0.2, 0) is 0 Å². The van der Waals surface area contributed by atoms with Gasteiger partial charge in [-0.15, -0.1) is 0 Å². The van der Waals surface area contributed by atoms with Crippen molar-refractivity contribution in [3.63, 3.8) is 0 Å². The highest BCUT2D eigenvalue weighted by molar-refractivity contribution is 6.31. The predicted molar refractivity (Wildman–Crippen MR) is 99.8 cm³/mol. The second-order valence-corrected chi connectivity index (χ2v) is 6.71. The van der Waals surface area contributed by atoms with E-state index in [2.05, 4.69) is 20.2 Å². The van der Waals surface area contributed by atoms with Crippen LogP contribution in [0, 0.1) is 5.82 Å². The first-order chi connectivity index (χ1) is 12.2. The number of aromatic nitrogens is 2. The average Bonchev–Trinajstić information content (AvgIpc) is 2.63. The first kappa shape index (κ1) is 16.1. The summed E-state index contributed by atoms with van der Waals surface area (Å²) in [6.45, 7) is 1.82. The average molecular weight is 357 g/mol. The third kappa shape index (κ3) is 3.51. The number of benzene rings is 2. The fourth-order valence-corrected chi connectivity index (χ4v) is 3.45. The van der Waals surface area contributed by atoms with E-state index in [1.54, 1.807) is 18.5 Å². The maximum Gasteiger partial charge on any atom is 0.139 e. The summed E-state index contributed by atoms with van der Waals surface area (Å²) in [6.07, 6.45) is 3.59. The van der Waals surface area contributed by atoms with E-state index in [0.29, 0.717) is 11.1 Å². The largest absolute Gasteiger partial charge is 0.382 e. The van der Waals surface area contributed by atoms with E-state index in [0.717, 1.165) is 48.3 Å². The summed E-state index contributed by atoms with van der Waals surface area (Å²) in [7, 11) is 0. The maximum atomic E-state index is 13.0. The Balaban J connectivity index is 1.46. The molecule has 4 rings (SSSR count). The second kappa shape index (κ2) is 6.84. The lowest BCUT2D eigenvalue weighted by Crippen LogP contribution is -2.39. The molecule has 6 heteroatoms. The number of piperidine rings is 1. The molecule has 1 saturated heterocycles. The monoisotopic (exact) mass is 356 g/mol. The SMILES string of the molecule is Fc1ccc(NC2CCN(c3ncnc4cc(Cl)ccc34)CC2)cc1. The quantitative estimate of drug-likeness (QED) is 0.750. The van der Waals surface area contributed by atoms with Gasteiger partial charge in [-0.05, 0) is 55.3 Å². The summed E-state index contributed by atoms with van der Waals surface area (Å²) >= 11 is 6.06. The standard InChI is InChI=1S/C19H18ClFN4/c20-13-1-6-17-18(11-13)22-12-23-19(17)25-9-7-16(8-10-25)24-15-4-2-14(21)3-5-15/h1-6,11-12,16,24H,7-10H2. The number of nitrogens with zero attached hydrogens (tertiary/aromatic N) is 3. The summed E-state index contributed by atoms with van der Waals surface area (Å²) in [5.41, 5.74) is 1.83. The number of hydrogen-bond acceptors (Lipinski definition) is 4. The molecule has 0 bridgehead atoms. The number of nitrogens with one attached hydrogen (secondary N) is 1. The smallest absolute Gasteiger partial charge is 0.139 e. The molecule has 2 aromatic carbocycles. The zero-order valence-electron chi connectivity index (χ0n) is 13.6. The van der Waals surface area contributed by atoms with Crippen LogP contribution in [0.4, 0.5) is 15.9 Å². The van der Waals surface area contributed by atoms with Crippen LogP contribution in [0.25, 0.3) is 10.9 Å². The van der Waals surface area contributed by atoms with Gasteiger partial charge in [-0.25, -0.2) is 14.4 Å². The third-order valence-electron chi connectivity index (χ3n) is 4.59. The lowest BCUT2D eigenvalue weighted by molar-refractivity contribution is 0.524. The van der Waals surface area contributed by atoms with Crippen LogP contribution in [0.5, 0.6) is 0 Å². The van der Waals surface area contributed by atoms with Crippen molar-refractivity contribution < 1.29 is 4.39 Å². The Bertz CT molecular complexity index is 876. The van der Waals surface area contributed by atoms with E-state index in [1.165, 1.54) is 12.1 Å². The highest BCUT2D eigenvalue weighted by Gasteiger charge is 2.21. The first-order valence-corrected chi connectivity index (χ1v) is 8.74. The Morgan fingerprint density at radius 3 is 2.56 bits per heavy atom. The van der Waals surface area contributed by atoms with Crippen LogP contribution >= 0.6 is 11.6 Å². The van der Waals surface area contributed by atoms with Crippen molar-refractivity contribution >= 4 is 34.0 Å². The number of rotatable bonds is 3. The minimum atomic E-state index is -0.212. The van der Waals surface area contributed by atoms with Gasteiger partial charge in [-0.1, -0.05) is 11.6 Å². The first-order valence-electron chi connectivity index (χ1n) is 8.36. The van der Waals surface area contributed by atoms with E-state index < -0.39 is 0 Å². The highest BCUT2D eigenvalue weighted by Crippen LogP contribution is 2.28. The molecule has 1 fully saturated rings. The van der Waals surface area contributed by atoms with Crippen molar-refractivity contribution in [3.8, 4) is 0 Å². The minimum Gasteiger partial charge on any atom is -0.382 e.